The summed E-state index contributed by atoms with van der Waals surface area (Å²) in [6.45, 7) is 7.72. The molecule has 1 heterocycles. The number of rotatable bonds is 7. The van der Waals surface area contributed by atoms with Crippen molar-refractivity contribution in [2.45, 2.75) is 71.8 Å². The molecule has 0 spiro atoms. The molecule has 0 radical (unpaired) electrons. The first-order valence-corrected chi connectivity index (χ1v) is 8.68. The average molecular weight is 280 g/mol. The van der Waals surface area contributed by atoms with Crippen LogP contribution in [0.2, 0.25) is 0 Å². The van der Waals surface area contributed by atoms with Gasteiger partial charge in [-0.2, -0.15) is 0 Å². The van der Waals surface area contributed by atoms with Crippen LogP contribution in [-0.4, -0.2) is 17.6 Å². The Kier molecular flexibility index (Phi) is 5.83. The molecule has 1 aromatic heterocycles. The average Bonchev–Trinajstić information content (AvgIpc) is 3.01. The molecule has 2 rings (SSSR count). The van der Waals surface area contributed by atoms with Crippen molar-refractivity contribution in [3.05, 3.63) is 15.6 Å². The van der Waals surface area contributed by atoms with Crippen molar-refractivity contribution in [1.29, 1.82) is 0 Å². The molecule has 1 unspecified atom stereocenters. The van der Waals surface area contributed by atoms with Gasteiger partial charge in [-0.15, -0.1) is 11.3 Å². The zero-order valence-corrected chi connectivity index (χ0v) is 13.5. The van der Waals surface area contributed by atoms with Crippen LogP contribution in [0.25, 0.3) is 0 Å². The zero-order chi connectivity index (χ0) is 13.7. The van der Waals surface area contributed by atoms with E-state index in [9.17, 15) is 0 Å². The van der Waals surface area contributed by atoms with Crippen LogP contribution in [0.1, 0.15) is 61.0 Å². The van der Waals surface area contributed by atoms with E-state index in [-0.39, 0.29) is 0 Å². The predicted molar refractivity (Wildman–Crippen MR) is 83.9 cm³/mol. The van der Waals surface area contributed by atoms with E-state index in [1.54, 1.807) is 0 Å². The van der Waals surface area contributed by atoms with Crippen LogP contribution in [-0.2, 0) is 6.42 Å². The lowest BCUT2D eigenvalue weighted by Crippen LogP contribution is -2.36. The van der Waals surface area contributed by atoms with Gasteiger partial charge in [-0.1, -0.05) is 19.8 Å². The summed E-state index contributed by atoms with van der Waals surface area (Å²) in [4.78, 5) is 6.06. The van der Waals surface area contributed by atoms with Crippen molar-refractivity contribution in [3.63, 3.8) is 0 Å². The minimum Gasteiger partial charge on any atom is -0.314 e. The molecule has 2 nitrogen and oxygen atoms in total. The number of nitrogens with zero attached hydrogens (tertiary/aromatic N) is 1. The van der Waals surface area contributed by atoms with Gasteiger partial charge in [0, 0.05) is 17.3 Å². The number of hydrogen-bond acceptors (Lipinski definition) is 3. The molecule has 3 heteroatoms. The van der Waals surface area contributed by atoms with Gasteiger partial charge >= 0.3 is 0 Å². The first-order chi connectivity index (χ1) is 9.20. The summed E-state index contributed by atoms with van der Waals surface area (Å²) in [5.41, 5.74) is 1.22. The third kappa shape index (κ3) is 4.28. The first kappa shape index (κ1) is 15.0. The van der Waals surface area contributed by atoms with E-state index >= 15 is 0 Å². The lowest BCUT2D eigenvalue weighted by Gasteiger charge is -2.24. The fourth-order valence-corrected chi connectivity index (χ4v) is 4.07. The quantitative estimate of drug-likeness (QED) is 0.807. The van der Waals surface area contributed by atoms with E-state index in [1.165, 1.54) is 54.1 Å². The standard InChI is InChI=1S/C16H28N2S/c1-4-11-17-15(14-7-5-6-8-14)9-10-16-18-12(2)13(3)19-16/h14-15,17H,4-11H2,1-3H3. The van der Waals surface area contributed by atoms with Crippen molar-refractivity contribution in [2.24, 2.45) is 5.92 Å². The highest BCUT2D eigenvalue weighted by molar-refractivity contribution is 7.11. The molecule has 1 aliphatic rings. The topological polar surface area (TPSA) is 24.9 Å². The summed E-state index contributed by atoms with van der Waals surface area (Å²) in [6.07, 6.45) is 9.37. The maximum atomic E-state index is 4.68. The summed E-state index contributed by atoms with van der Waals surface area (Å²) < 4.78 is 0. The second-order valence-corrected chi connectivity index (χ2v) is 7.18. The predicted octanol–water partition coefficient (Wildman–Crippen LogP) is 4.25. The van der Waals surface area contributed by atoms with Gasteiger partial charge in [0.2, 0.25) is 0 Å². The maximum absolute atomic E-state index is 4.68. The fraction of sp³-hybridized carbons (Fsp3) is 0.812. The van der Waals surface area contributed by atoms with E-state index in [2.05, 4.69) is 31.1 Å². The molecule has 1 aliphatic carbocycles. The molecule has 0 aromatic carbocycles. The highest BCUT2D eigenvalue weighted by Crippen LogP contribution is 2.30. The lowest BCUT2D eigenvalue weighted by atomic mass is 9.94. The third-order valence-corrected chi connectivity index (χ3v) is 5.50. The second kappa shape index (κ2) is 7.39. The van der Waals surface area contributed by atoms with Crippen LogP contribution in [0, 0.1) is 19.8 Å². The molecular weight excluding hydrogens is 252 g/mol. The van der Waals surface area contributed by atoms with Gasteiger partial charge in [0.05, 0.1) is 10.7 Å². The summed E-state index contributed by atoms with van der Waals surface area (Å²) in [6, 6.07) is 0.715. The van der Waals surface area contributed by atoms with E-state index in [0.717, 1.165) is 18.9 Å². The van der Waals surface area contributed by atoms with Crippen LogP contribution in [0.3, 0.4) is 0 Å². The van der Waals surface area contributed by atoms with Crippen LogP contribution < -0.4 is 5.32 Å². The molecule has 0 amide bonds. The summed E-state index contributed by atoms with van der Waals surface area (Å²) in [7, 11) is 0. The molecule has 0 saturated heterocycles. The number of aryl methyl sites for hydroxylation is 3. The summed E-state index contributed by atoms with van der Waals surface area (Å²) in [5, 5.41) is 5.11. The highest BCUT2D eigenvalue weighted by Gasteiger charge is 2.24. The molecule has 108 valence electrons. The molecule has 1 fully saturated rings. The lowest BCUT2D eigenvalue weighted by molar-refractivity contribution is 0.340. The molecule has 1 aromatic rings. The van der Waals surface area contributed by atoms with Crippen molar-refractivity contribution in [2.75, 3.05) is 6.54 Å². The largest absolute Gasteiger partial charge is 0.314 e. The molecule has 1 saturated carbocycles. The van der Waals surface area contributed by atoms with Crippen LogP contribution >= 0.6 is 11.3 Å². The van der Waals surface area contributed by atoms with E-state index in [1.807, 2.05) is 11.3 Å². The van der Waals surface area contributed by atoms with Crippen molar-refractivity contribution < 1.29 is 0 Å². The van der Waals surface area contributed by atoms with Gasteiger partial charge in [-0.3, -0.25) is 0 Å². The van der Waals surface area contributed by atoms with Crippen LogP contribution in [0.4, 0.5) is 0 Å². The first-order valence-electron chi connectivity index (χ1n) is 7.87. The molecule has 19 heavy (non-hydrogen) atoms. The normalized spacial score (nSPS) is 18.1. The Morgan fingerprint density at radius 3 is 2.63 bits per heavy atom. The third-order valence-electron chi connectivity index (χ3n) is 4.37. The summed E-state index contributed by atoms with van der Waals surface area (Å²) in [5.74, 6) is 0.911. The number of aromatic nitrogens is 1. The van der Waals surface area contributed by atoms with Gasteiger partial charge in [-0.05, 0) is 52.0 Å². The number of thiazole rings is 1. The number of nitrogens with one attached hydrogen (secondary N) is 1. The van der Waals surface area contributed by atoms with Crippen LogP contribution in [0.15, 0.2) is 0 Å². The molecular formula is C16H28N2S. The van der Waals surface area contributed by atoms with Crippen molar-refractivity contribution in [1.82, 2.24) is 10.3 Å². The Hall–Kier alpha value is -0.410. The Morgan fingerprint density at radius 1 is 1.32 bits per heavy atom. The molecule has 0 bridgehead atoms. The van der Waals surface area contributed by atoms with Crippen molar-refractivity contribution >= 4 is 11.3 Å². The van der Waals surface area contributed by atoms with Crippen molar-refractivity contribution in [3.8, 4) is 0 Å². The Morgan fingerprint density at radius 2 is 2.05 bits per heavy atom. The van der Waals surface area contributed by atoms with E-state index in [0.29, 0.717) is 6.04 Å². The molecule has 1 atom stereocenters. The summed E-state index contributed by atoms with van der Waals surface area (Å²) >= 11 is 1.88. The maximum Gasteiger partial charge on any atom is 0.0931 e. The fourth-order valence-electron chi connectivity index (χ4n) is 3.12. The van der Waals surface area contributed by atoms with Crippen LogP contribution in [0.5, 0.6) is 0 Å². The Labute approximate surface area is 122 Å². The molecule has 1 N–H and O–H groups in total. The molecule has 0 aliphatic heterocycles. The minimum atomic E-state index is 0.715. The van der Waals surface area contributed by atoms with Gasteiger partial charge in [0.15, 0.2) is 0 Å². The smallest absolute Gasteiger partial charge is 0.0931 e. The Bertz CT molecular complexity index is 361. The van der Waals surface area contributed by atoms with Gasteiger partial charge in [-0.25, -0.2) is 4.98 Å². The van der Waals surface area contributed by atoms with Gasteiger partial charge < -0.3 is 5.32 Å². The Balaban J connectivity index is 1.87. The second-order valence-electron chi connectivity index (χ2n) is 5.89. The van der Waals surface area contributed by atoms with E-state index < -0.39 is 0 Å². The SMILES string of the molecule is CCCNC(CCc1nc(C)c(C)s1)C1CCCC1. The highest BCUT2D eigenvalue weighted by atomic mass is 32.1. The minimum absolute atomic E-state index is 0.715. The van der Waals surface area contributed by atoms with E-state index in [4.69, 9.17) is 0 Å². The zero-order valence-electron chi connectivity index (χ0n) is 12.7. The van der Waals surface area contributed by atoms with Gasteiger partial charge in [0.25, 0.3) is 0 Å². The monoisotopic (exact) mass is 280 g/mol. The van der Waals surface area contributed by atoms with Gasteiger partial charge in [0.1, 0.15) is 0 Å². The number of hydrogen-bond donors (Lipinski definition) is 1.